The third-order valence-corrected chi connectivity index (χ3v) is 3.22. The van der Waals surface area contributed by atoms with E-state index in [0.717, 1.165) is 3.58 Å². The van der Waals surface area contributed by atoms with E-state index in [9.17, 15) is 4.79 Å². The predicted molar refractivity (Wildman–Crippen MR) is 59.8 cm³/mol. The maximum atomic E-state index is 11.0. The molecule has 1 aliphatic rings. The lowest BCUT2D eigenvalue weighted by atomic mass is 10.4. The number of carbonyl (C=O) groups is 1. The third-order valence-electron chi connectivity index (χ3n) is 1.21. The summed E-state index contributed by atoms with van der Waals surface area (Å²) in [7, 11) is 0. The van der Waals surface area contributed by atoms with Gasteiger partial charge >= 0.3 is 5.97 Å². The van der Waals surface area contributed by atoms with E-state index in [1.165, 1.54) is 18.4 Å². The minimum absolute atomic E-state index is 0.0993. The number of rotatable bonds is 0. The zero-order valence-electron chi connectivity index (χ0n) is 7.03. The van der Waals surface area contributed by atoms with Gasteiger partial charge in [0.05, 0.1) is 6.26 Å². The van der Waals surface area contributed by atoms with Gasteiger partial charge in [-0.1, -0.05) is 20.7 Å². The Balaban J connectivity index is 2.91. The number of cyclic esters (lactones) is 1. The molecule has 0 saturated carbocycles. The molecule has 0 atom stereocenters. The Morgan fingerprint density at radius 2 is 2.31 bits per heavy atom. The Labute approximate surface area is 86.1 Å². The van der Waals surface area contributed by atoms with E-state index in [1.54, 1.807) is 6.08 Å². The first-order valence-corrected chi connectivity index (χ1v) is 5.92. The number of hydrogen-bond donors (Lipinski definition) is 1. The highest BCUT2D eigenvalue weighted by molar-refractivity contribution is 14.2. The van der Waals surface area contributed by atoms with Gasteiger partial charge in [-0.15, -0.1) is 0 Å². The molecular formula is C9H9IO3. The van der Waals surface area contributed by atoms with Crippen molar-refractivity contribution in [2.45, 2.75) is 6.92 Å². The fourth-order valence-corrected chi connectivity index (χ4v) is 2.20. The molecule has 4 heteroatoms. The summed E-state index contributed by atoms with van der Waals surface area (Å²) in [6.45, 7) is 1.88. The number of hydrogen-bond acceptors (Lipinski definition) is 3. The average Bonchev–Trinajstić information content (AvgIpc) is 2.03. The number of aliphatic hydroxyl groups is 1. The zero-order chi connectivity index (χ0) is 9.68. The van der Waals surface area contributed by atoms with Gasteiger partial charge < -0.3 is 9.84 Å². The largest absolute Gasteiger partial charge is 0.508 e. The lowest BCUT2D eigenvalue weighted by Crippen LogP contribution is -1.94. The third kappa shape index (κ3) is 4.02. The van der Waals surface area contributed by atoms with Crippen molar-refractivity contribution in [1.82, 2.24) is 0 Å². The van der Waals surface area contributed by atoms with E-state index in [0.29, 0.717) is 0 Å². The van der Waals surface area contributed by atoms with Gasteiger partial charge in [-0.25, -0.2) is 4.79 Å². The first-order chi connectivity index (χ1) is 6.18. The van der Waals surface area contributed by atoms with Crippen LogP contribution in [0.25, 0.3) is 0 Å². The maximum Gasteiger partial charge on any atom is 0.336 e. The number of aliphatic hydroxyl groups excluding tert-OH is 1. The van der Waals surface area contributed by atoms with Crippen LogP contribution in [0.15, 0.2) is 33.8 Å². The summed E-state index contributed by atoms with van der Waals surface area (Å²) >= 11 is -0.312. The molecule has 0 aliphatic carbocycles. The lowest BCUT2D eigenvalue weighted by molar-refractivity contribution is -0.132. The van der Waals surface area contributed by atoms with Crippen molar-refractivity contribution in [3.05, 3.63) is 33.8 Å². The highest BCUT2D eigenvalue weighted by atomic mass is 127. The molecule has 0 saturated heterocycles. The van der Waals surface area contributed by atoms with Gasteiger partial charge in [0.1, 0.15) is 5.76 Å². The quantitative estimate of drug-likeness (QED) is 0.550. The SMILES string of the molecule is CC1=C/C(=O)O/C=C/C(O)=C\C=I\1. The van der Waals surface area contributed by atoms with Crippen LogP contribution < -0.4 is 0 Å². The number of ether oxygens (including phenoxy) is 1. The molecule has 0 fully saturated rings. The molecule has 1 N–H and O–H groups in total. The van der Waals surface area contributed by atoms with Gasteiger partial charge in [0.15, 0.2) is 0 Å². The van der Waals surface area contributed by atoms with Crippen molar-refractivity contribution in [2.24, 2.45) is 0 Å². The molecule has 0 unspecified atom stereocenters. The van der Waals surface area contributed by atoms with Gasteiger partial charge in [-0.3, -0.25) is 0 Å². The van der Waals surface area contributed by atoms with Gasteiger partial charge in [-0.05, 0) is 20.6 Å². The molecule has 0 aromatic heterocycles. The highest BCUT2D eigenvalue weighted by Gasteiger charge is 1.96. The van der Waals surface area contributed by atoms with Crippen LogP contribution in [0.2, 0.25) is 0 Å². The lowest BCUT2D eigenvalue weighted by Gasteiger charge is -1.96. The van der Waals surface area contributed by atoms with Gasteiger partial charge in [-0.2, -0.15) is 0 Å². The molecular weight excluding hydrogens is 283 g/mol. The number of esters is 1. The van der Waals surface area contributed by atoms with Crippen LogP contribution in [-0.4, -0.2) is 15.1 Å². The van der Waals surface area contributed by atoms with Crippen molar-refractivity contribution >= 4 is 30.7 Å². The number of halogens is 1. The predicted octanol–water partition coefficient (Wildman–Crippen LogP) is 2.18. The summed E-state index contributed by atoms with van der Waals surface area (Å²) in [5.74, 6) is -0.293. The second-order valence-electron chi connectivity index (χ2n) is 2.30. The molecule has 1 aliphatic heterocycles. The monoisotopic (exact) mass is 292 g/mol. The fourth-order valence-electron chi connectivity index (χ4n) is 0.650. The molecule has 1 heterocycles. The number of carbonyl (C=O) groups excluding carboxylic acids is 1. The Morgan fingerprint density at radius 3 is 3.08 bits per heavy atom. The summed E-state index contributed by atoms with van der Waals surface area (Å²) in [5, 5.41) is 9.15. The minimum Gasteiger partial charge on any atom is -0.508 e. The van der Waals surface area contributed by atoms with Gasteiger partial charge in [0.2, 0.25) is 0 Å². The standard InChI is InChI=1S/C9H9IO3/c1-7-6-9(12)13-5-3-8(11)2-4-10-7/h2-6,11H,1H3/b5-3+,7-6-,8-2+. The molecule has 0 aromatic carbocycles. The van der Waals surface area contributed by atoms with Crippen LogP contribution in [0.3, 0.4) is 0 Å². The van der Waals surface area contributed by atoms with Crippen LogP contribution in [0.5, 0.6) is 0 Å². The Hall–Kier alpha value is -0.910. The topological polar surface area (TPSA) is 46.5 Å². The van der Waals surface area contributed by atoms with Crippen molar-refractivity contribution in [2.75, 3.05) is 0 Å². The van der Waals surface area contributed by atoms with E-state index in [2.05, 4.69) is 4.74 Å². The van der Waals surface area contributed by atoms with Crippen LogP contribution in [0.4, 0.5) is 0 Å². The second-order valence-corrected chi connectivity index (χ2v) is 5.34. The van der Waals surface area contributed by atoms with E-state index in [4.69, 9.17) is 5.11 Å². The van der Waals surface area contributed by atoms with Crippen molar-refractivity contribution in [1.29, 1.82) is 0 Å². The molecule has 3 nitrogen and oxygen atoms in total. The molecule has 0 bridgehead atoms. The smallest absolute Gasteiger partial charge is 0.336 e. The summed E-state index contributed by atoms with van der Waals surface area (Å²) in [6, 6.07) is 0. The van der Waals surface area contributed by atoms with Crippen LogP contribution in [0, 0.1) is 0 Å². The zero-order valence-corrected chi connectivity index (χ0v) is 9.19. The normalized spacial score (nSPS) is 31.6. The first-order valence-electron chi connectivity index (χ1n) is 3.60. The van der Waals surface area contributed by atoms with Gasteiger partial charge in [0.25, 0.3) is 0 Å². The average molecular weight is 292 g/mol. The molecule has 1 rings (SSSR count). The minimum atomic E-state index is -0.392. The first kappa shape index (κ1) is 10.2. The maximum absolute atomic E-state index is 11.0. The Kier molecular flexibility index (Phi) is 3.88. The van der Waals surface area contributed by atoms with Gasteiger partial charge in [0, 0.05) is 12.2 Å². The summed E-state index contributed by atoms with van der Waals surface area (Å²) in [5.41, 5.74) is 0. The van der Waals surface area contributed by atoms with E-state index in [1.807, 2.05) is 10.9 Å². The van der Waals surface area contributed by atoms with Crippen LogP contribution >= 0.6 is 20.7 Å². The summed E-state index contributed by atoms with van der Waals surface area (Å²) < 4.78 is 7.56. The molecule has 0 amide bonds. The van der Waals surface area contributed by atoms with E-state index < -0.39 is 5.97 Å². The fraction of sp³-hybridized carbons (Fsp3) is 0.111. The van der Waals surface area contributed by atoms with Crippen molar-refractivity contribution < 1.29 is 14.6 Å². The molecule has 0 radical (unpaired) electrons. The Bertz CT molecular complexity index is 324. The summed E-state index contributed by atoms with van der Waals surface area (Å²) in [4.78, 5) is 11.0. The van der Waals surface area contributed by atoms with Crippen molar-refractivity contribution in [3.63, 3.8) is 0 Å². The molecule has 70 valence electrons. The molecule has 0 spiro atoms. The number of allylic oxidation sites excluding steroid dienone is 3. The highest BCUT2D eigenvalue weighted by Crippen LogP contribution is 2.13. The Morgan fingerprint density at radius 1 is 1.54 bits per heavy atom. The van der Waals surface area contributed by atoms with Crippen molar-refractivity contribution in [3.8, 4) is 0 Å². The van der Waals surface area contributed by atoms with E-state index in [-0.39, 0.29) is 26.5 Å². The molecule has 13 heavy (non-hydrogen) atoms. The van der Waals surface area contributed by atoms with E-state index >= 15 is 0 Å². The molecule has 0 aromatic rings. The van der Waals surface area contributed by atoms with Crippen LogP contribution in [0.1, 0.15) is 6.92 Å². The van der Waals surface area contributed by atoms with Crippen LogP contribution in [-0.2, 0) is 9.53 Å². The second kappa shape index (κ2) is 4.96. The summed E-state index contributed by atoms with van der Waals surface area (Å²) in [6.07, 6.45) is 5.60.